The minimum atomic E-state index is 0.484. The largest absolute Gasteiger partial charge is 0.316 e. The molecule has 2 atom stereocenters. The van der Waals surface area contributed by atoms with Crippen molar-refractivity contribution in [2.45, 2.75) is 32.6 Å². The topological polar surface area (TPSA) is 12.0 Å². The molecule has 0 saturated heterocycles. The molecule has 1 nitrogen and oxygen atoms in total. The van der Waals surface area contributed by atoms with Crippen LogP contribution in [0.4, 0.5) is 0 Å². The summed E-state index contributed by atoms with van der Waals surface area (Å²) in [6.07, 6.45) is 1.36. The maximum Gasteiger partial charge on any atom is 0.0108 e. The van der Waals surface area contributed by atoms with Crippen LogP contribution in [-0.4, -0.2) is 13.1 Å². The van der Waals surface area contributed by atoms with Crippen LogP contribution in [0.3, 0.4) is 0 Å². The summed E-state index contributed by atoms with van der Waals surface area (Å²) < 4.78 is 0. The maximum absolute atomic E-state index is 3.57. The lowest BCUT2D eigenvalue weighted by molar-refractivity contribution is 0.517. The zero-order chi connectivity index (χ0) is 10.9. The molecule has 0 aromatic carbocycles. The normalized spacial score (nSPS) is 29.7. The van der Waals surface area contributed by atoms with Gasteiger partial charge in [0.05, 0.1) is 0 Å². The molecule has 84 valence electrons. The van der Waals surface area contributed by atoms with E-state index in [1.54, 1.807) is 4.88 Å². The molecule has 1 N–H and O–H groups in total. The Bertz CT molecular complexity index is 304. The van der Waals surface area contributed by atoms with Crippen LogP contribution in [-0.2, 0) is 5.41 Å². The van der Waals surface area contributed by atoms with Gasteiger partial charge in [-0.15, -0.1) is 11.3 Å². The van der Waals surface area contributed by atoms with Crippen molar-refractivity contribution in [1.29, 1.82) is 0 Å². The van der Waals surface area contributed by atoms with Crippen molar-refractivity contribution in [2.24, 2.45) is 11.8 Å². The van der Waals surface area contributed by atoms with E-state index in [4.69, 9.17) is 0 Å². The maximum atomic E-state index is 3.57. The average molecular weight is 223 g/mol. The highest BCUT2D eigenvalue weighted by molar-refractivity contribution is 7.10. The van der Waals surface area contributed by atoms with Gasteiger partial charge >= 0.3 is 0 Å². The lowest BCUT2D eigenvalue weighted by atomic mass is 10.0. The number of rotatable bonds is 5. The summed E-state index contributed by atoms with van der Waals surface area (Å²) in [5, 5.41) is 5.76. The third kappa shape index (κ3) is 2.43. The van der Waals surface area contributed by atoms with Gasteiger partial charge in [0.15, 0.2) is 0 Å². The van der Waals surface area contributed by atoms with Crippen LogP contribution in [0.25, 0.3) is 0 Å². The summed E-state index contributed by atoms with van der Waals surface area (Å²) in [5.41, 5.74) is 0.484. The van der Waals surface area contributed by atoms with E-state index in [0.29, 0.717) is 5.41 Å². The van der Waals surface area contributed by atoms with Gasteiger partial charge in [-0.05, 0) is 42.8 Å². The van der Waals surface area contributed by atoms with E-state index in [2.05, 4.69) is 43.6 Å². The molecule has 1 saturated carbocycles. The quantitative estimate of drug-likeness (QED) is 0.808. The summed E-state index contributed by atoms with van der Waals surface area (Å²) in [6, 6.07) is 4.45. The third-order valence-corrected chi connectivity index (χ3v) is 4.59. The van der Waals surface area contributed by atoms with Gasteiger partial charge in [0.1, 0.15) is 0 Å². The first kappa shape index (κ1) is 11.2. The van der Waals surface area contributed by atoms with E-state index < -0.39 is 0 Å². The predicted octanol–water partition coefficient (Wildman–Crippen LogP) is 3.27. The minimum Gasteiger partial charge on any atom is -0.316 e. The first-order chi connectivity index (χ1) is 7.13. The molecule has 0 unspecified atom stereocenters. The van der Waals surface area contributed by atoms with E-state index in [1.165, 1.54) is 13.0 Å². The van der Waals surface area contributed by atoms with E-state index in [9.17, 15) is 0 Å². The lowest BCUT2D eigenvalue weighted by Crippen LogP contribution is -2.24. The van der Waals surface area contributed by atoms with Crippen LogP contribution in [0.15, 0.2) is 17.5 Å². The molecule has 1 fully saturated rings. The van der Waals surface area contributed by atoms with Crippen LogP contribution in [0.2, 0.25) is 0 Å². The van der Waals surface area contributed by atoms with Crippen molar-refractivity contribution in [3.8, 4) is 0 Å². The highest BCUT2D eigenvalue weighted by Crippen LogP contribution is 2.54. The summed E-state index contributed by atoms with van der Waals surface area (Å²) >= 11 is 1.91. The Hall–Kier alpha value is -0.340. The molecule has 0 spiro atoms. The molecule has 2 heteroatoms. The summed E-state index contributed by atoms with van der Waals surface area (Å²) in [7, 11) is 0. The van der Waals surface area contributed by atoms with E-state index in [1.807, 2.05) is 11.3 Å². The Balaban J connectivity index is 1.80. The fourth-order valence-electron chi connectivity index (χ4n) is 2.20. The van der Waals surface area contributed by atoms with Crippen LogP contribution >= 0.6 is 11.3 Å². The Morgan fingerprint density at radius 3 is 3.00 bits per heavy atom. The fraction of sp³-hybridized carbons (Fsp3) is 0.692. The first-order valence-corrected chi connectivity index (χ1v) is 6.75. The SMILES string of the molecule is CC(C)CNC[C@@H]1C[C@@]1(C)c1cccs1. The highest BCUT2D eigenvalue weighted by Gasteiger charge is 2.51. The molecule has 2 rings (SSSR count). The van der Waals surface area contributed by atoms with Crippen LogP contribution < -0.4 is 5.32 Å². The predicted molar refractivity (Wildman–Crippen MR) is 67.5 cm³/mol. The molecule has 0 aliphatic heterocycles. The average Bonchev–Trinajstić information content (AvgIpc) is 2.68. The van der Waals surface area contributed by atoms with Gasteiger partial charge in [0, 0.05) is 10.3 Å². The lowest BCUT2D eigenvalue weighted by Gasteiger charge is -2.10. The zero-order valence-electron chi connectivity index (χ0n) is 9.92. The van der Waals surface area contributed by atoms with Gasteiger partial charge in [0.25, 0.3) is 0 Å². The summed E-state index contributed by atoms with van der Waals surface area (Å²) in [4.78, 5) is 1.57. The van der Waals surface area contributed by atoms with Gasteiger partial charge in [-0.1, -0.05) is 26.8 Å². The van der Waals surface area contributed by atoms with E-state index in [0.717, 1.165) is 18.4 Å². The smallest absolute Gasteiger partial charge is 0.0108 e. The molecular weight excluding hydrogens is 202 g/mol. The van der Waals surface area contributed by atoms with Gasteiger partial charge in [0.2, 0.25) is 0 Å². The van der Waals surface area contributed by atoms with Gasteiger partial charge in [-0.25, -0.2) is 0 Å². The second-order valence-corrected chi connectivity index (χ2v) is 6.30. The number of hydrogen-bond acceptors (Lipinski definition) is 2. The second kappa shape index (κ2) is 4.26. The summed E-state index contributed by atoms with van der Waals surface area (Å²) in [5.74, 6) is 1.62. The number of nitrogens with one attached hydrogen (secondary N) is 1. The van der Waals surface area contributed by atoms with Crippen molar-refractivity contribution in [3.05, 3.63) is 22.4 Å². The van der Waals surface area contributed by atoms with Crippen molar-refractivity contribution in [3.63, 3.8) is 0 Å². The molecule has 0 radical (unpaired) electrons. The zero-order valence-corrected chi connectivity index (χ0v) is 10.7. The number of thiophene rings is 1. The van der Waals surface area contributed by atoms with E-state index in [-0.39, 0.29) is 0 Å². The third-order valence-electron chi connectivity index (χ3n) is 3.44. The van der Waals surface area contributed by atoms with Crippen LogP contribution in [0, 0.1) is 11.8 Å². The van der Waals surface area contributed by atoms with Gasteiger partial charge < -0.3 is 5.32 Å². The molecule has 0 bridgehead atoms. The Morgan fingerprint density at radius 1 is 1.60 bits per heavy atom. The molecule has 1 aromatic rings. The van der Waals surface area contributed by atoms with Crippen molar-refractivity contribution >= 4 is 11.3 Å². The van der Waals surface area contributed by atoms with Gasteiger partial charge in [-0.2, -0.15) is 0 Å². The van der Waals surface area contributed by atoms with Crippen molar-refractivity contribution in [1.82, 2.24) is 5.32 Å². The standard InChI is InChI=1S/C13H21NS/c1-10(2)8-14-9-11-7-13(11,3)12-5-4-6-15-12/h4-6,10-11,14H,7-9H2,1-3H3/t11-,13+/m0/s1. The van der Waals surface area contributed by atoms with E-state index >= 15 is 0 Å². The van der Waals surface area contributed by atoms with Crippen molar-refractivity contribution in [2.75, 3.05) is 13.1 Å². The molecule has 0 amide bonds. The molecule has 1 heterocycles. The Kier molecular flexibility index (Phi) is 3.17. The Morgan fingerprint density at radius 2 is 2.40 bits per heavy atom. The minimum absolute atomic E-state index is 0.484. The van der Waals surface area contributed by atoms with Crippen molar-refractivity contribution < 1.29 is 0 Å². The number of hydrogen-bond donors (Lipinski definition) is 1. The Labute approximate surface area is 96.9 Å². The van der Waals surface area contributed by atoms with Crippen LogP contribution in [0.1, 0.15) is 32.1 Å². The van der Waals surface area contributed by atoms with Crippen LogP contribution in [0.5, 0.6) is 0 Å². The molecule has 1 aliphatic carbocycles. The first-order valence-electron chi connectivity index (χ1n) is 5.87. The molecule has 1 aromatic heterocycles. The summed E-state index contributed by atoms with van der Waals surface area (Å²) in [6.45, 7) is 9.26. The molecule has 1 aliphatic rings. The second-order valence-electron chi connectivity index (χ2n) is 5.35. The van der Waals surface area contributed by atoms with Gasteiger partial charge in [-0.3, -0.25) is 0 Å². The molecule has 15 heavy (non-hydrogen) atoms. The fourth-order valence-corrected chi connectivity index (χ4v) is 3.18. The monoisotopic (exact) mass is 223 g/mol. The molecular formula is C13H21NS. The highest BCUT2D eigenvalue weighted by atomic mass is 32.1.